The topological polar surface area (TPSA) is 96.6 Å². The predicted octanol–water partition coefficient (Wildman–Crippen LogP) is 2.53. The third-order valence-electron chi connectivity index (χ3n) is 7.00. The number of carbonyl (C=O) groups excluding carboxylic acids is 2. The van der Waals surface area contributed by atoms with E-state index in [4.69, 9.17) is 0 Å². The molecule has 8 nitrogen and oxygen atoms in total. The van der Waals surface area contributed by atoms with Gasteiger partial charge in [-0.15, -0.1) is 0 Å². The molecule has 2 fully saturated rings. The first-order valence-electron chi connectivity index (χ1n) is 11.7. The molecule has 8 heteroatoms. The van der Waals surface area contributed by atoms with Crippen LogP contribution in [0.1, 0.15) is 58.4 Å². The van der Waals surface area contributed by atoms with Gasteiger partial charge in [-0.25, -0.2) is 14.2 Å². The van der Waals surface area contributed by atoms with Crippen LogP contribution in [0.25, 0.3) is 11.0 Å². The maximum Gasteiger partial charge on any atom is 0.337 e. The first-order valence-corrected chi connectivity index (χ1v) is 11.7. The smallest absolute Gasteiger partial charge is 0.337 e. The van der Waals surface area contributed by atoms with Crippen LogP contribution in [-0.4, -0.2) is 62.7 Å². The fraction of sp³-hybridized carbons (Fsp3) is 0.625. The van der Waals surface area contributed by atoms with Crippen molar-refractivity contribution in [2.45, 2.75) is 64.0 Å². The largest absolute Gasteiger partial charge is 0.389 e. The van der Waals surface area contributed by atoms with Crippen molar-refractivity contribution in [2.24, 2.45) is 5.92 Å². The van der Waals surface area contributed by atoms with Crippen LogP contribution in [0.5, 0.6) is 0 Å². The maximum absolute atomic E-state index is 12.9. The molecule has 1 saturated carbocycles. The van der Waals surface area contributed by atoms with Gasteiger partial charge >= 0.3 is 11.7 Å². The number of likely N-dealkylation sites (tertiary alicyclic amines) is 1. The van der Waals surface area contributed by atoms with Crippen LogP contribution in [0.3, 0.4) is 0 Å². The summed E-state index contributed by atoms with van der Waals surface area (Å²) in [5, 5.41) is 13.7. The van der Waals surface area contributed by atoms with Crippen LogP contribution in [0.2, 0.25) is 0 Å². The molecule has 1 saturated heterocycles. The number of nitrogens with one attached hydrogen (secondary N) is 1. The van der Waals surface area contributed by atoms with Crippen molar-refractivity contribution in [1.82, 2.24) is 19.4 Å². The van der Waals surface area contributed by atoms with Crippen LogP contribution in [-0.2, 0) is 4.79 Å². The van der Waals surface area contributed by atoms with Crippen molar-refractivity contribution in [2.75, 3.05) is 26.2 Å². The zero-order valence-electron chi connectivity index (χ0n) is 19.0. The molecule has 0 spiro atoms. The minimum atomic E-state index is -0.749. The molecule has 0 radical (unpaired) electrons. The molecule has 2 N–H and O–H groups in total. The third-order valence-corrected chi connectivity index (χ3v) is 7.00. The molecule has 0 unspecified atom stereocenters. The Hall–Kier alpha value is -2.45. The fourth-order valence-electron chi connectivity index (χ4n) is 5.09. The number of para-hydroxylation sites is 2. The number of nitrogens with zero attached hydrogens (tertiary/aromatic N) is 3. The van der Waals surface area contributed by atoms with Gasteiger partial charge in [-0.2, -0.15) is 0 Å². The van der Waals surface area contributed by atoms with Gasteiger partial charge in [0.2, 0.25) is 0 Å². The molecule has 2 aromatic rings. The second-order valence-corrected chi connectivity index (χ2v) is 9.74. The second kappa shape index (κ2) is 9.19. The van der Waals surface area contributed by atoms with E-state index in [1.54, 1.807) is 10.6 Å². The Kier molecular flexibility index (Phi) is 6.53. The zero-order chi connectivity index (χ0) is 22.9. The van der Waals surface area contributed by atoms with Crippen LogP contribution in [0.4, 0.5) is 4.79 Å². The Morgan fingerprint density at radius 1 is 1.12 bits per heavy atom. The molecule has 2 heterocycles. The number of imidazole rings is 1. The number of carbonyl (C=O) groups is 2. The third kappa shape index (κ3) is 4.66. The van der Waals surface area contributed by atoms with Crippen LogP contribution >= 0.6 is 0 Å². The summed E-state index contributed by atoms with van der Waals surface area (Å²) in [5.74, 6) is 0.590. The molecule has 1 aromatic carbocycles. The van der Waals surface area contributed by atoms with Gasteiger partial charge in [-0.05, 0) is 70.7 Å². The summed E-state index contributed by atoms with van der Waals surface area (Å²) in [7, 11) is 0. The lowest BCUT2D eigenvalue weighted by Crippen LogP contribution is -2.49. The quantitative estimate of drug-likeness (QED) is 0.742. The van der Waals surface area contributed by atoms with Crippen molar-refractivity contribution in [3.05, 3.63) is 34.7 Å². The van der Waals surface area contributed by atoms with Crippen LogP contribution < -0.4 is 11.0 Å². The van der Waals surface area contributed by atoms with Crippen LogP contribution in [0.15, 0.2) is 29.1 Å². The van der Waals surface area contributed by atoms with E-state index < -0.39 is 5.60 Å². The van der Waals surface area contributed by atoms with Gasteiger partial charge in [0.25, 0.3) is 0 Å². The Bertz CT molecular complexity index is 1040. The number of piperidine rings is 1. The van der Waals surface area contributed by atoms with E-state index in [9.17, 15) is 19.5 Å². The molecule has 1 aliphatic heterocycles. The Morgan fingerprint density at radius 2 is 1.75 bits per heavy atom. The molecule has 174 valence electrons. The summed E-state index contributed by atoms with van der Waals surface area (Å²) in [4.78, 5) is 39.6. The minimum Gasteiger partial charge on any atom is -0.389 e. The van der Waals surface area contributed by atoms with Crippen molar-refractivity contribution in [3.63, 3.8) is 0 Å². The second-order valence-electron chi connectivity index (χ2n) is 9.74. The summed E-state index contributed by atoms with van der Waals surface area (Å²) >= 11 is 0. The van der Waals surface area contributed by atoms with Gasteiger partial charge in [0.05, 0.1) is 16.6 Å². The SMILES string of the molecule is CC(C)n1c(=O)n(C(=O)NCC2CCN(CC3(O)CCC(=O)CC3)CC2)c2ccccc21. The normalized spacial score (nSPS) is 20.2. The summed E-state index contributed by atoms with van der Waals surface area (Å²) in [5.41, 5.74) is 0.324. The number of hydrogen-bond donors (Lipinski definition) is 2. The Labute approximate surface area is 188 Å². The van der Waals surface area contributed by atoms with Gasteiger partial charge in [0.1, 0.15) is 5.78 Å². The molecule has 0 bridgehead atoms. The lowest BCUT2D eigenvalue weighted by Gasteiger charge is -2.39. The Balaban J connectivity index is 1.33. The van der Waals surface area contributed by atoms with Gasteiger partial charge in [-0.3, -0.25) is 9.36 Å². The van der Waals surface area contributed by atoms with E-state index >= 15 is 0 Å². The number of fused-ring (bicyclic) bond motifs is 1. The molecule has 4 rings (SSSR count). The summed E-state index contributed by atoms with van der Waals surface area (Å²) in [6.07, 6.45) is 3.92. The number of benzene rings is 1. The molecule has 1 aliphatic carbocycles. The minimum absolute atomic E-state index is 0.0390. The van der Waals surface area contributed by atoms with Crippen molar-refractivity contribution >= 4 is 22.8 Å². The van der Waals surface area contributed by atoms with E-state index in [1.807, 2.05) is 32.0 Å². The number of amides is 1. The van der Waals surface area contributed by atoms with Gasteiger partial charge < -0.3 is 15.3 Å². The zero-order valence-corrected chi connectivity index (χ0v) is 19.0. The fourth-order valence-corrected chi connectivity index (χ4v) is 5.09. The number of aliphatic hydroxyl groups is 1. The Morgan fingerprint density at radius 3 is 2.38 bits per heavy atom. The average molecular weight is 443 g/mol. The van der Waals surface area contributed by atoms with Gasteiger partial charge in [0, 0.05) is 32.0 Å². The highest BCUT2D eigenvalue weighted by Crippen LogP contribution is 2.28. The average Bonchev–Trinajstić information content (AvgIpc) is 3.07. The molecule has 1 aromatic heterocycles. The molecule has 32 heavy (non-hydrogen) atoms. The molecule has 1 amide bonds. The predicted molar refractivity (Wildman–Crippen MR) is 123 cm³/mol. The summed E-state index contributed by atoms with van der Waals surface area (Å²) in [6.45, 7) is 6.74. The number of rotatable bonds is 5. The van der Waals surface area contributed by atoms with Crippen LogP contribution in [0, 0.1) is 5.92 Å². The van der Waals surface area contributed by atoms with Crippen molar-refractivity contribution < 1.29 is 14.7 Å². The summed E-state index contributed by atoms with van der Waals surface area (Å²) in [6, 6.07) is 6.96. The first kappa shape index (κ1) is 22.7. The lowest BCUT2D eigenvalue weighted by molar-refractivity contribution is -0.126. The van der Waals surface area contributed by atoms with Gasteiger partial charge in [-0.1, -0.05) is 12.1 Å². The monoisotopic (exact) mass is 442 g/mol. The number of ketones is 1. The molecule has 2 aliphatic rings. The molecule has 0 atom stereocenters. The maximum atomic E-state index is 12.9. The van der Waals surface area contributed by atoms with Crippen molar-refractivity contribution in [3.8, 4) is 0 Å². The molecular weight excluding hydrogens is 408 g/mol. The van der Waals surface area contributed by atoms with E-state index in [0.29, 0.717) is 50.2 Å². The van der Waals surface area contributed by atoms with E-state index in [0.717, 1.165) is 31.4 Å². The number of aromatic nitrogens is 2. The first-order chi connectivity index (χ1) is 15.3. The lowest BCUT2D eigenvalue weighted by atomic mass is 9.83. The van der Waals surface area contributed by atoms with E-state index in [-0.39, 0.29) is 23.5 Å². The number of hydrogen-bond acceptors (Lipinski definition) is 5. The summed E-state index contributed by atoms with van der Waals surface area (Å²) < 4.78 is 2.89. The number of β-amino-alcohol motifs (C(OH)–C–C–N with tert-alkyl or cyclic N) is 1. The van der Waals surface area contributed by atoms with E-state index in [1.165, 1.54) is 4.57 Å². The highest BCUT2D eigenvalue weighted by atomic mass is 16.3. The van der Waals surface area contributed by atoms with E-state index in [2.05, 4.69) is 10.2 Å². The highest BCUT2D eigenvalue weighted by molar-refractivity contribution is 5.89. The standard InChI is InChI=1S/C24H34N4O4/c1-17(2)27-20-5-3-4-6-21(20)28(23(27)31)22(30)25-15-18-9-13-26(14-10-18)16-24(32)11-7-19(29)8-12-24/h3-6,17-18,32H,7-16H2,1-2H3,(H,25,30). The van der Waals surface area contributed by atoms with Gasteiger partial charge in [0.15, 0.2) is 0 Å². The molecular formula is C24H34N4O4. The van der Waals surface area contributed by atoms with Crippen molar-refractivity contribution in [1.29, 1.82) is 0 Å². The highest BCUT2D eigenvalue weighted by Gasteiger charge is 2.35. The number of Topliss-reactive ketones (excluding diaryl/α,β-unsaturated/α-hetero) is 1.